The van der Waals surface area contributed by atoms with Crippen molar-refractivity contribution in [2.45, 2.75) is 64.2 Å². The number of benzene rings is 1. The summed E-state index contributed by atoms with van der Waals surface area (Å²) in [4.78, 5) is 0. The van der Waals surface area contributed by atoms with Crippen LogP contribution in [0.1, 0.15) is 69.8 Å². The highest BCUT2D eigenvalue weighted by Crippen LogP contribution is 2.44. The van der Waals surface area contributed by atoms with Crippen molar-refractivity contribution < 1.29 is 8.78 Å². The van der Waals surface area contributed by atoms with Crippen LogP contribution in [0.15, 0.2) is 16.6 Å². The summed E-state index contributed by atoms with van der Waals surface area (Å²) in [7, 11) is 0. The van der Waals surface area contributed by atoms with Gasteiger partial charge in [-0.05, 0) is 95.8 Å². The molecule has 0 aromatic heterocycles. The van der Waals surface area contributed by atoms with Crippen LogP contribution in [0, 0.1) is 29.4 Å². The smallest absolute Gasteiger partial charge is 0.140 e. The molecule has 22 heavy (non-hydrogen) atoms. The van der Waals surface area contributed by atoms with Crippen molar-refractivity contribution in [2.75, 3.05) is 0 Å². The summed E-state index contributed by atoms with van der Waals surface area (Å²) in [6, 6.07) is 3.03. The second-order valence-corrected chi connectivity index (χ2v) is 8.22. The van der Waals surface area contributed by atoms with Crippen molar-refractivity contribution in [3.63, 3.8) is 0 Å². The van der Waals surface area contributed by atoms with Crippen molar-refractivity contribution in [3.05, 3.63) is 33.8 Å². The highest BCUT2D eigenvalue weighted by atomic mass is 79.9. The second-order valence-electron chi connectivity index (χ2n) is 7.43. The fourth-order valence-electron chi connectivity index (χ4n) is 4.49. The summed E-state index contributed by atoms with van der Waals surface area (Å²) in [5.41, 5.74) is 0.842. The van der Waals surface area contributed by atoms with Crippen molar-refractivity contribution in [1.82, 2.24) is 0 Å². The first-order valence-electron chi connectivity index (χ1n) is 8.69. The van der Waals surface area contributed by atoms with Gasteiger partial charge in [0.2, 0.25) is 0 Å². The molecule has 0 heterocycles. The predicted octanol–water partition coefficient (Wildman–Crippen LogP) is 6.83. The van der Waals surface area contributed by atoms with E-state index in [-0.39, 0.29) is 4.47 Å². The van der Waals surface area contributed by atoms with Crippen molar-refractivity contribution in [3.8, 4) is 0 Å². The zero-order valence-electron chi connectivity index (χ0n) is 13.3. The Morgan fingerprint density at radius 1 is 0.818 bits per heavy atom. The zero-order valence-corrected chi connectivity index (χ0v) is 14.8. The van der Waals surface area contributed by atoms with E-state index in [1.807, 2.05) is 0 Å². The monoisotopic (exact) mass is 370 g/mol. The molecular weight excluding hydrogens is 346 g/mol. The quantitative estimate of drug-likeness (QED) is 0.500. The van der Waals surface area contributed by atoms with Crippen LogP contribution in [0.5, 0.6) is 0 Å². The van der Waals surface area contributed by atoms with Crippen LogP contribution >= 0.6 is 15.9 Å². The third kappa shape index (κ3) is 3.55. The standard InChI is InChI=1S/C19H25BrF2/c1-12-2-4-13(5-3-12)14-6-8-15(9-7-14)16-10-17(21)19(20)18(22)11-16/h10-15H,2-9H2,1H3. The lowest BCUT2D eigenvalue weighted by atomic mass is 9.68. The van der Waals surface area contributed by atoms with E-state index < -0.39 is 11.6 Å². The van der Waals surface area contributed by atoms with E-state index in [0.29, 0.717) is 5.92 Å². The summed E-state index contributed by atoms with van der Waals surface area (Å²) in [5, 5.41) is 0. The Hall–Kier alpha value is -0.440. The minimum Gasteiger partial charge on any atom is -0.206 e. The molecule has 0 atom stereocenters. The Morgan fingerprint density at radius 2 is 1.27 bits per heavy atom. The molecule has 0 unspecified atom stereocenters. The lowest BCUT2D eigenvalue weighted by Crippen LogP contribution is -2.24. The predicted molar refractivity (Wildman–Crippen MR) is 89.9 cm³/mol. The molecule has 2 saturated carbocycles. The average Bonchev–Trinajstić information content (AvgIpc) is 2.53. The number of rotatable bonds is 2. The molecule has 0 radical (unpaired) electrons. The summed E-state index contributed by atoms with van der Waals surface area (Å²) >= 11 is 2.95. The van der Waals surface area contributed by atoms with Crippen molar-refractivity contribution >= 4 is 15.9 Å². The highest BCUT2D eigenvalue weighted by Gasteiger charge is 2.30. The third-order valence-electron chi connectivity index (χ3n) is 5.98. The van der Waals surface area contributed by atoms with E-state index >= 15 is 0 Å². The highest BCUT2D eigenvalue weighted by molar-refractivity contribution is 9.10. The van der Waals surface area contributed by atoms with Gasteiger partial charge in [0, 0.05) is 0 Å². The fourth-order valence-corrected chi connectivity index (χ4v) is 4.72. The van der Waals surface area contributed by atoms with Gasteiger partial charge in [-0.1, -0.05) is 19.8 Å². The van der Waals surface area contributed by atoms with E-state index in [2.05, 4.69) is 22.9 Å². The van der Waals surface area contributed by atoms with E-state index in [9.17, 15) is 8.78 Å². The topological polar surface area (TPSA) is 0 Å². The lowest BCUT2D eigenvalue weighted by molar-refractivity contribution is 0.165. The van der Waals surface area contributed by atoms with Gasteiger partial charge >= 0.3 is 0 Å². The maximum absolute atomic E-state index is 13.7. The Kier molecular flexibility index (Phi) is 5.21. The molecule has 0 spiro atoms. The van der Waals surface area contributed by atoms with Gasteiger partial charge in [-0.25, -0.2) is 8.78 Å². The van der Waals surface area contributed by atoms with Gasteiger partial charge < -0.3 is 0 Å². The van der Waals surface area contributed by atoms with Gasteiger partial charge in [-0.3, -0.25) is 0 Å². The Bertz CT molecular complexity index is 489. The summed E-state index contributed by atoms with van der Waals surface area (Å²) in [6.45, 7) is 2.36. The van der Waals surface area contributed by atoms with Crippen LogP contribution in [0.25, 0.3) is 0 Å². The average molecular weight is 371 g/mol. The minimum absolute atomic E-state index is 0.0405. The molecule has 122 valence electrons. The molecule has 0 aliphatic heterocycles. The summed E-state index contributed by atoms with van der Waals surface area (Å²) in [5.74, 6) is 2.03. The molecule has 0 N–H and O–H groups in total. The van der Waals surface area contributed by atoms with E-state index in [1.54, 1.807) is 0 Å². The van der Waals surface area contributed by atoms with Crippen molar-refractivity contribution in [2.24, 2.45) is 17.8 Å². The fraction of sp³-hybridized carbons (Fsp3) is 0.684. The molecule has 3 rings (SSSR count). The van der Waals surface area contributed by atoms with Gasteiger partial charge in [0.15, 0.2) is 0 Å². The van der Waals surface area contributed by atoms with Gasteiger partial charge in [-0.2, -0.15) is 0 Å². The van der Waals surface area contributed by atoms with Crippen LogP contribution in [0.4, 0.5) is 8.78 Å². The number of hydrogen-bond donors (Lipinski definition) is 0. The first-order valence-corrected chi connectivity index (χ1v) is 9.48. The largest absolute Gasteiger partial charge is 0.206 e. The SMILES string of the molecule is CC1CCC(C2CCC(c3cc(F)c(Br)c(F)c3)CC2)CC1. The molecule has 0 amide bonds. The van der Waals surface area contributed by atoms with E-state index in [0.717, 1.165) is 36.2 Å². The van der Waals surface area contributed by atoms with Crippen LogP contribution < -0.4 is 0 Å². The van der Waals surface area contributed by atoms with Crippen molar-refractivity contribution in [1.29, 1.82) is 0 Å². The van der Waals surface area contributed by atoms with Crippen LogP contribution in [-0.4, -0.2) is 0 Å². The van der Waals surface area contributed by atoms with E-state index in [1.165, 1.54) is 50.7 Å². The summed E-state index contributed by atoms with van der Waals surface area (Å²) in [6.07, 6.45) is 10.2. The molecule has 0 saturated heterocycles. The van der Waals surface area contributed by atoms with Gasteiger partial charge in [0.05, 0.1) is 4.47 Å². The molecule has 2 aliphatic carbocycles. The first-order chi connectivity index (χ1) is 10.5. The molecular formula is C19H25BrF2. The van der Waals surface area contributed by atoms with Crippen LogP contribution in [0.2, 0.25) is 0 Å². The normalized spacial score (nSPS) is 32.9. The maximum atomic E-state index is 13.7. The Morgan fingerprint density at radius 3 is 1.77 bits per heavy atom. The molecule has 1 aromatic carbocycles. The second kappa shape index (κ2) is 6.98. The molecule has 0 nitrogen and oxygen atoms in total. The first kappa shape index (κ1) is 16.4. The lowest BCUT2D eigenvalue weighted by Gasteiger charge is -2.37. The summed E-state index contributed by atoms with van der Waals surface area (Å²) < 4.78 is 27.4. The zero-order chi connectivity index (χ0) is 15.7. The Labute approximate surface area is 140 Å². The molecule has 0 bridgehead atoms. The maximum Gasteiger partial charge on any atom is 0.140 e. The van der Waals surface area contributed by atoms with Crippen LogP contribution in [0.3, 0.4) is 0 Å². The van der Waals surface area contributed by atoms with Gasteiger partial charge in [0.1, 0.15) is 11.6 Å². The Balaban J connectivity index is 1.60. The number of hydrogen-bond acceptors (Lipinski definition) is 0. The third-order valence-corrected chi connectivity index (χ3v) is 6.73. The molecule has 2 fully saturated rings. The number of halogens is 3. The van der Waals surface area contributed by atoms with E-state index in [4.69, 9.17) is 0 Å². The molecule has 3 heteroatoms. The van der Waals surface area contributed by atoms with Gasteiger partial charge in [-0.15, -0.1) is 0 Å². The molecule has 2 aliphatic rings. The van der Waals surface area contributed by atoms with Crippen LogP contribution in [-0.2, 0) is 0 Å². The van der Waals surface area contributed by atoms with Gasteiger partial charge in [0.25, 0.3) is 0 Å². The molecule has 1 aromatic rings. The minimum atomic E-state index is -0.474.